The highest BCUT2D eigenvalue weighted by molar-refractivity contribution is 6.06. The molecular weight excluding hydrogens is 420 g/mol. The zero-order valence-corrected chi connectivity index (χ0v) is 18.7. The van der Waals surface area contributed by atoms with Crippen LogP contribution in [0.2, 0.25) is 0 Å². The summed E-state index contributed by atoms with van der Waals surface area (Å²) in [6.45, 7) is 3.05. The normalized spacial score (nSPS) is 23.8. The zero-order valence-electron chi connectivity index (χ0n) is 18.7. The predicted octanol–water partition coefficient (Wildman–Crippen LogP) is 1.81. The Balaban J connectivity index is 1.18. The molecule has 3 aliphatic rings. The summed E-state index contributed by atoms with van der Waals surface area (Å²) in [4.78, 5) is 48.7. The number of hydrogen-bond donors (Lipinski definition) is 0. The maximum atomic E-state index is 13.2. The van der Waals surface area contributed by atoms with E-state index in [1.54, 1.807) is 17.0 Å². The molecule has 3 fully saturated rings. The van der Waals surface area contributed by atoms with Crippen molar-refractivity contribution < 1.29 is 19.1 Å². The van der Waals surface area contributed by atoms with Gasteiger partial charge < -0.3 is 9.64 Å². The molecule has 8 heteroatoms. The molecule has 8 nitrogen and oxygen atoms in total. The lowest BCUT2D eigenvalue weighted by atomic mass is 10.00. The Morgan fingerprint density at radius 1 is 1.00 bits per heavy atom. The van der Waals surface area contributed by atoms with E-state index in [2.05, 4.69) is 22.0 Å². The van der Waals surface area contributed by atoms with E-state index in [-0.39, 0.29) is 35.6 Å². The van der Waals surface area contributed by atoms with Crippen LogP contribution in [0, 0.1) is 11.8 Å². The van der Waals surface area contributed by atoms with E-state index >= 15 is 0 Å². The van der Waals surface area contributed by atoms with Crippen LogP contribution >= 0.6 is 0 Å². The molecule has 172 valence electrons. The fraction of sp³-hybridized carbons (Fsp3) is 0.440. The molecule has 4 heterocycles. The highest BCUT2D eigenvalue weighted by Gasteiger charge is 2.54. The van der Waals surface area contributed by atoms with Crippen molar-refractivity contribution in [1.82, 2.24) is 19.7 Å². The third-order valence-electron chi connectivity index (χ3n) is 7.06. The van der Waals surface area contributed by atoms with Crippen LogP contribution in [0.25, 0.3) is 0 Å². The van der Waals surface area contributed by atoms with Gasteiger partial charge in [-0.05, 0) is 24.5 Å². The predicted molar refractivity (Wildman–Crippen MR) is 120 cm³/mol. The van der Waals surface area contributed by atoms with E-state index in [0.29, 0.717) is 50.5 Å². The van der Waals surface area contributed by atoms with Gasteiger partial charge in [0.25, 0.3) is 5.91 Å². The lowest BCUT2D eigenvalue weighted by molar-refractivity contribution is -0.144. The third-order valence-corrected chi connectivity index (χ3v) is 7.06. The summed E-state index contributed by atoms with van der Waals surface area (Å²) in [5, 5.41) is 0. The fourth-order valence-electron chi connectivity index (χ4n) is 5.32. The van der Waals surface area contributed by atoms with Gasteiger partial charge in [0.1, 0.15) is 0 Å². The van der Waals surface area contributed by atoms with Gasteiger partial charge >= 0.3 is 0 Å². The lowest BCUT2D eigenvalue weighted by Gasteiger charge is -2.36. The number of carbonyl (C=O) groups is 3. The summed E-state index contributed by atoms with van der Waals surface area (Å²) < 4.78 is 5.04. The van der Waals surface area contributed by atoms with Crippen molar-refractivity contribution in [3.63, 3.8) is 0 Å². The second-order valence-electron chi connectivity index (χ2n) is 9.05. The summed E-state index contributed by atoms with van der Waals surface area (Å²) in [6, 6.07) is 13.4. The summed E-state index contributed by atoms with van der Waals surface area (Å²) in [5.74, 6) is -0.188. The van der Waals surface area contributed by atoms with Crippen molar-refractivity contribution >= 4 is 17.7 Å². The first-order valence-electron chi connectivity index (χ1n) is 11.5. The summed E-state index contributed by atoms with van der Waals surface area (Å²) in [6.07, 6.45) is 2.74. The second-order valence-corrected chi connectivity index (χ2v) is 9.05. The van der Waals surface area contributed by atoms with Crippen molar-refractivity contribution in [2.75, 3.05) is 33.3 Å². The average Bonchev–Trinajstić information content (AvgIpc) is 3.37. The Morgan fingerprint density at radius 3 is 2.24 bits per heavy atom. The van der Waals surface area contributed by atoms with Crippen molar-refractivity contribution in [2.45, 2.75) is 25.4 Å². The van der Waals surface area contributed by atoms with Crippen LogP contribution in [-0.2, 0) is 16.1 Å². The first-order chi connectivity index (χ1) is 16.0. The molecule has 0 saturated carbocycles. The fourth-order valence-corrected chi connectivity index (χ4v) is 5.32. The number of benzene rings is 1. The van der Waals surface area contributed by atoms with Crippen molar-refractivity contribution in [1.29, 1.82) is 0 Å². The van der Waals surface area contributed by atoms with Gasteiger partial charge in [-0.3, -0.25) is 24.2 Å². The van der Waals surface area contributed by atoms with E-state index in [4.69, 9.17) is 4.74 Å². The van der Waals surface area contributed by atoms with Crippen LogP contribution in [-0.4, -0.2) is 76.7 Å². The monoisotopic (exact) mass is 448 g/mol. The molecule has 3 saturated heterocycles. The Morgan fingerprint density at radius 2 is 1.67 bits per heavy atom. The molecule has 0 N–H and O–H groups in total. The number of aromatic nitrogens is 1. The molecule has 33 heavy (non-hydrogen) atoms. The van der Waals surface area contributed by atoms with Crippen LogP contribution in [0.1, 0.15) is 28.8 Å². The second kappa shape index (κ2) is 8.94. The SMILES string of the molecule is COc1ccc(C(=O)N2CCC(N3C(=O)[C@H]4CN(Cc5ccccc5)C[C@H]4C3=O)CC2)cn1. The van der Waals surface area contributed by atoms with Gasteiger partial charge in [-0.25, -0.2) is 4.98 Å². The molecule has 3 aliphatic heterocycles. The summed E-state index contributed by atoms with van der Waals surface area (Å²) in [5.41, 5.74) is 1.70. The minimum Gasteiger partial charge on any atom is -0.481 e. The Hall–Kier alpha value is -3.26. The van der Waals surface area contributed by atoms with E-state index in [1.165, 1.54) is 23.8 Å². The molecule has 0 unspecified atom stereocenters. The number of likely N-dealkylation sites (tertiary alicyclic amines) is 3. The van der Waals surface area contributed by atoms with Gasteiger partial charge in [-0.2, -0.15) is 0 Å². The van der Waals surface area contributed by atoms with Gasteiger partial charge in [0.15, 0.2) is 0 Å². The molecule has 1 aromatic heterocycles. The minimum absolute atomic E-state index is 0.0373. The number of methoxy groups -OCH3 is 1. The van der Waals surface area contributed by atoms with Gasteiger partial charge in [0.2, 0.25) is 17.7 Å². The number of imide groups is 1. The summed E-state index contributed by atoms with van der Waals surface area (Å²) >= 11 is 0. The van der Waals surface area contributed by atoms with E-state index in [0.717, 1.165) is 6.54 Å². The number of amides is 3. The van der Waals surface area contributed by atoms with Gasteiger partial charge in [-0.15, -0.1) is 0 Å². The first kappa shape index (κ1) is 21.6. The molecule has 0 bridgehead atoms. The summed E-state index contributed by atoms with van der Waals surface area (Å²) in [7, 11) is 1.53. The van der Waals surface area contributed by atoms with Crippen molar-refractivity contribution in [2.24, 2.45) is 11.8 Å². The van der Waals surface area contributed by atoms with E-state index < -0.39 is 0 Å². The van der Waals surface area contributed by atoms with Gasteiger partial charge in [0, 0.05) is 51.0 Å². The Bertz CT molecular complexity index is 1010. The molecule has 5 rings (SSSR count). The molecule has 1 aromatic carbocycles. The maximum absolute atomic E-state index is 13.2. The maximum Gasteiger partial charge on any atom is 0.255 e. The van der Waals surface area contributed by atoms with Crippen molar-refractivity contribution in [3.05, 3.63) is 59.8 Å². The topological polar surface area (TPSA) is 83.0 Å². The van der Waals surface area contributed by atoms with Crippen molar-refractivity contribution in [3.8, 4) is 5.88 Å². The molecule has 2 atom stereocenters. The number of pyridine rings is 1. The van der Waals surface area contributed by atoms with Gasteiger partial charge in [-0.1, -0.05) is 30.3 Å². The minimum atomic E-state index is -0.244. The van der Waals surface area contributed by atoms with Gasteiger partial charge in [0.05, 0.1) is 24.5 Å². The lowest BCUT2D eigenvalue weighted by Crippen LogP contribution is -2.50. The van der Waals surface area contributed by atoms with E-state index in [1.807, 2.05) is 18.2 Å². The highest BCUT2D eigenvalue weighted by atomic mass is 16.5. The number of fused-ring (bicyclic) bond motifs is 1. The quantitative estimate of drug-likeness (QED) is 0.649. The number of ether oxygens (including phenoxy) is 1. The molecule has 0 radical (unpaired) electrons. The molecule has 0 aliphatic carbocycles. The smallest absolute Gasteiger partial charge is 0.255 e. The Labute approximate surface area is 193 Å². The molecule has 2 aromatic rings. The number of rotatable bonds is 5. The van der Waals surface area contributed by atoms with Crippen LogP contribution < -0.4 is 4.74 Å². The average molecular weight is 449 g/mol. The number of nitrogens with zero attached hydrogens (tertiary/aromatic N) is 4. The highest BCUT2D eigenvalue weighted by Crippen LogP contribution is 2.37. The largest absolute Gasteiger partial charge is 0.481 e. The zero-order chi connectivity index (χ0) is 22.9. The number of hydrogen-bond acceptors (Lipinski definition) is 6. The molecular formula is C25H28N4O4. The van der Waals surface area contributed by atoms with E-state index in [9.17, 15) is 14.4 Å². The van der Waals surface area contributed by atoms with Crippen LogP contribution in [0.15, 0.2) is 48.7 Å². The first-order valence-corrected chi connectivity index (χ1v) is 11.5. The third kappa shape index (κ3) is 4.11. The number of piperidine rings is 1. The van der Waals surface area contributed by atoms with Crippen LogP contribution in [0.5, 0.6) is 5.88 Å². The van der Waals surface area contributed by atoms with Crippen LogP contribution in [0.3, 0.4) is 0 Å². The molecule has 3 amide bonds. The Kier molecular flexibility index (Phi) is 5.85. The van der Waals surface area contributed by atoms with Crippen LogP contribution in [0.4, 0.5) is 0 Å². The number of carbonyl (C=O) groups excluding carboxylic acids is 3. The molecule has 0 spiro atoms. The standard InChI is InChI=1S/C25H28N4O4/c1-33-22-8-7-18(13-26-22)23(30)28-11-9-19(10-12-28)29-24(31)20-15-27(16-21(20)25(29)32)14-17-5-3-2-4-6-17/h2-8,13,19-21H,9-12,14-16H2,1H3/t20-,21+.